The number of hydrogen-bond donors (Lipinski definition) is 2. The Morgan fingerprint density at radius 1 is 1.07 bits per heavy atom. The smallest absolute Gasteiger partial charge is 0.220 e. The van der Waals surface area contributed by atoms with Crippen molar-refractivity contribution in [3.63, 3.8) is 0 Å². The molecule has 28 heavy (non-hydrogen) atoms. The van der Waals surface area contributed by atoms with Crippen LogP contribution in [0.4, 0.5) is 0 Å². The number of rotatable bonds is 8. The molecule has 0 heterocycles. The van der Waals surface area contributed by atoms with E-state index in [9.17, 15) is 9.90 Å². The zero-order valence-electron chi connectivity index (χ0n) is 21.1. The Morgan fingerprint density at radius 3 is 1.89 bits per heavy atom. The Hall–Kier alpha value is -1.51. The molecule has 0 radical (unpaired) electrons. The van der Waals surface area contributed by atoms with Crippen molar-refractivity contribution in [2.75, 3.05) is 6.54 Å². The van der Waals surface area contributed by atoms with Gasteiger partial charge in [-0.25, -0.2) is 0 Å². The SMILES string of the molecule is C=C(/C(O)=C(\C=C\CCC(=O)NCCC)C(C)(C)C)C(C)C.CC.CC.CC. The van der Waals surface area contributed by atoms with E-state index in [0.29, 0.717) is 12.8 Å². The fourth-order valence-electron chi connectivity index (χ4n) is 1.90. The van der Waals surface area contributed by atoms with E-state index in [-0.39, 0.29) is 23.0 Å². The summed E-state index contributed by atoms with van der Waals surface area (Å²) in [6.07, 6.45) is 5.96. The minimum Gasteiger partial charge on any atom is -0.507 e. The second-order valence-corrected chi connectivity index (χ2v) is 6.98. The van der Waals surface area contributed by atoms with E-state index in [1.807, 2.05) is 74.5 Å². The molecule has 0 aromatic carbocycles. The Morgan fingerprint density at radius 2 is 1.54 bits per heavy atom. The second kappa shape index (κ2) is 21.8. The maximum absolute atomic E-state index is 11.6. The largest absolute Gasteiger partial charge is 0.507 e. The summed E-state index contributed by atoms with van der Waals surface area (Å²) in [6, 6.07) is 0. The first-order chi connectivity index (χ1) is 13.1. The molecule has 3 heteroatoms. The summed E-state index contributed by atoms with van der Waals surface area (Å²) in [6.45, 7) is 28.9. The van der Waals surface area contributed by atoms with Gasteiger partial charge in [-0.3, -0.25) is 4.79 Å². The Bertz CT molecular complexity index is 438. The van der Waals surface area contributed by atoms with E-state index in [1.165, 1.54) is 0 Å². The molecule has 0 aliphatic heterocycles. The highest BCUT2D eigenvalue weighted by atomic mass is 16.3. The second-order valence-electron chi connectivity index (χ2n) is 6.98. The molecule has 0 aromatic rings. The zero-order chi connectivity index (χ0) is 23.3. The lowest BCUT2D eigenvalue weighted by Gasteiger charge is -2.23. The predicted molar refractivity (Wildman–Crippen MR) is 129 cm³/mol. The van der Waals surface area contributed by atoms with Gasteiger partial charge in [0, 0.05) is 13.0 Å². The topological polar surface area (TPSA) is 49.3 Å². The van der Waals surface area contributed by atoms with Crippen molar-refractivity contribution in [2.45, 2.75) is 102 Å². The lowest BCUT2D eigenvalue weighted by molar-refractivity contribution is -0.121. The molecule has 0 aliphatic rings. The quantitative estimate of drug-likeness (QED) is 0.322. The molecule has 0 unspecified atom stereocenters. The van der Waals surface area contributed by atoms with E-state index in [1.54, 1.807) is 0 Å². The summed E-state index contributed by atoms with van der Waals surface area (Å²) in [4.78, 5) is 11.6. The van der Waals surface area contributed by atoms with Gasteiger partial charge in [0.05, 0.1) is 0 Å². The van der Waals surface area contributed by atoms with Gasteiger partial charge in [-0.2, -0.15) is 0 Å². The van der Waals surface area contributed by atoms with Gasteiger partial charge in [0.15, 0.2) is 0 Å². The molecule has 0 spiro atoms. The normalized spacial score (nSPS) is 11.2. The van der Waals surface area contributed by atoms with Crippen LogP contribution in [-0.4, -0.2) is 17.6 Å². The van der Waals surface area contributed by atoms with Crippen LogP contribution in [0.15, 0.2) is 35.6 Å². The van der Waals surface area contributed by atoms with E-state index in [4.69, 9.17) is 0 Å². The number of carbonyl (C=O) groups is 1. The van der Waals surface area contributed by atoms with Crippen molar-refractivity contribution in [3.05, 3.63) is 35.6 Å². The molecule has 0 aliphatic carbocycles. The minimum atomic E-state index is -0.178. The summed E-state index contributed by atoms with van der Waals surface area (Å²) in [5.41, 5.74) is 1.43. The molecule has 0 saturated carbocycles. The first-order valence-corrected chi connectivity index (χ1v) is 11.2. The van der Waals surface area contributed by atoms with Crippen molar-refractivity contribution >= 4 is 5.91 Å². The number of carbonyl (C=O) groups excluding carboxylic acids is 1. The first-order valence-electron chi connectivity index (χ1n) is 11.2. The number of hydrogen-bond acceptors (Lipinski definition) is 2. The molecule has 1 amide bonds. The van der Waals surface area contributed by atoms with Crippen LogP contribution in [-0.2, 0) is 4.79 Å². The summed E-state index contributed by atoms with van der Waals surface area (Å²) in [7, 11) is 0. The summed E-state index contributed by atoms with van der Waals surface area (Å²) in [5, 5.41) is 13.3. The number of aliphatic hydroxyl groups is 1. The van der Waals surface area contributed by atoms with Gasteiger partial charge in [0.1, 0.15) is 5.76 Å². The van der Waals surface area contributed by atoms with E-state index < -0.39 is 0 Å². The van der Waals surface area contributed by atoms with Crippen LogP contribution in [0.5, 0.6) is 0 Å². The van der Waals surface area contributed by atoms with Crippen molar-refractivity contribution in [2.24, 2.45) is 11.3 Å². The minimum absolute atomic E-state index is 0.0728. The van der Waals surface area contributed by atoms with Crippen molar-refractivity contribution in [3.8, 4) is 0 Å². The Balaban J connectivity index is -0.000000434. The first kappa shape index (κ1) is 34.0. The van der Waals surface area contributed by atoms with Gasteiger partial charge >= 0.3 is 0 Å². The van der Waals surface area contributed by atoms with Gasteiger partial charge < -0.3 is 10.4 Å². The van der Waals surface area contributed by atoms with Crippen LogP contribution in [0, 0.1) is 11.3 Å². The molecular formula is C25H51NO2. The summed E-state index contributed by atoms with van der Waals surface area (Å²) in [5.74, 6) is 0.545. The fourth-order valence-corrected chi connectivity index (χ4v) is 1.90. The van der Waals surface area contributed by atoms with Crippen molar-refractivity contribution in [1.82, 2.24) is 5.32 Å². The van der Waals surface area contributed by atoms with Crippen molar-refractivity contribution < 1.29 is 9.90 Å². The molecule has 0 fully saturated rings. The molecule has 0 bridgehead atoms. The Labute approximate surface area is 177 Å². The molecular weight excluding hydrogens is 346 g/mol. The summed E-state index contributed by atoms with van der Waals surface area (Å²) < 4.78 is 0. The molecule has 3 nitrogen and oxygen atoms in total. The highest BCUT2D eigenvalue weighted by molar-refractivity contribution is 5.75. The average molecular weight is 398 g/mol. The van der Waals surface area contributed by atoms with Crippen LogP contribution in [0.3, 0.4) is 0 Å². The molecule has 0 aromatic heterocycles. The van der Waals surface area contributed by atoms with Crippen LogP contribution in [0.25, 0.3) is 0 Å². The highest BCUT2D eigenvalue weighted by Gasteiger charge is 2.21. The fraction of sp³-hybridized carbons (Fsp3) is 0.720. The predicted octanol–water partition coefficient (Wildman–Crippen LogP) is 8.00. The zero-order valence-corrected chi connectivity index (χ0v) is 21.1. The number of aliphatic hydroxyl groups excluding tert-OH is 1. The van der Waals surface area contributed by atoms with E-state index >= 15 is 0 Å². The number of amides is 1. The Kier molecular flexibility index (Phi) is 26.5. The standard InChI is InChI=1S/C19H33NO2.3C2H6/c1-8-13-20-17(21)12-10-9-11-16(19(5,6)7)18(22)15(4)14(2)3;3*1-2/h9,11,14,22H,4,8,10,12-13H2,1-3,5-7H3,(H,20,21);3*1-2H3/b11-9+,18-16-;;;. The van der Waals surface area contributed by atoms with Gasteiger partial charge in [-0.05, 0) is 35.3 Å². The van der Waals surface area contributed by atoms with Crippen LogP contribution >= 0.6 is 0 Å². The lowest BCUT2D eigenvalue weighted by atomic mass is 9.82. The molecule has 0 atom stereocenters. The molecule has 168 valence electrons. The van der Waals surface area contributed by atoms with Gasteiger partial charge in [-0.15, -0.1) is 0 Å². The van der Waals surface area contributed by atoms with Crippen molar-refractivity contribution in [1.29, 1.82) is 0 Å². The van der Waals surface area contributed by atoms with Gasteiger partial charge in [0.25, 0.3) is 0 Å². The number of nitrogens with one attached hydrogen (secondary N) is 1. The van der Waals surface area contributed by atoms with E-state index in [0.717, 1.165) is 24.1 Å². The third-order valence-corrected chi connectivity index (χ3v) is 3.46. The molecule has 0 rings (SSSR count). The average Bonchev–Trinajstić information content (AvgIpc) is 2.68. The monoisotopic (exact) mass is 397 g/mol. The third-order valence-electron chi connectivity index (χ3n) is 3.46. The summed E-state index contributed by atoms with van der Waals surface area (Å²) >= 11 is 0. The maximum atomic E-state index is 11.6. The van der Waals surface area contributed by atoms with Crippen LogP contribution in [0.1, 0.15) is 102 Å². The van der Waals surface area contributed by atoms with E-state index in [2.05, 4.69) is 32.7 Å². The molecule has 2 N–H and O–H groups in total. The highest BCUT2D eigenvalue weighted by Crippen LogP contribution is 2.32. The van der Waals surface area contributed by atoms with Gasteiger partial charge in [0.2, 0.25) is 5.91 Å². The maximum Gasteiger partial charge on any atom is 0.220 e. The van der Waals surface area contributed by atoms with Crippen LogP contribution in [0.2, 0.25) is 0 Å². The van der Waals surface area contributed by atoms with Crippen LogP contribution < -0.4 is 5.32 Å². The van der Waals surface area contributed by atoms with Gasteiger partial charge in [-0.1, -0.05) is 102 Å². The number of allylic oxidation sites excluding steroid dienone is 4. The third kappa shape index (κ3) is 17.9. The molecule has 0 saturated heterocycles. The lowest BCUT2D eigenvalue weighted by Crippen LogP contribution is -2.23.